The van der Waals surface area contributed by atoms with Gasteiger partial charge in [0.2, 0.25) is 0 Å². The molecule has 0 spiro atoms. The number of anilines is 3. The number of hydrogen-bond acceptors (Lipinski definition) is 1. The first kappa shape index (κ1) is 46.8. The van der Waals surface area contributed by atoms with Gasteiger partial charge in [-0.05, 0) is 134 Å². The van der Waals surface area contributed by atoms with Crippen molar-refractivity contribution in [3.63, 3.8) is 0 Å². The average Bonchev–Trinajstić information content (AvgIpc) is 4.18. The quantitative estimate of drug-likeness (QED) is 0.133. The highest BCUT2D eigenvalue weighted by molar-refractivity contribution is 6.14. The van der Waals surface area contributed by atoms with Crippen LogP contribution in [0, 0.1) is 0 Å². The van der Waals surface area contributed by atoms with Crippen molar-refractivity contribution >= 4 is 49.6 Å². The monoisotopic (exact) mass is 1010 g/mol. The van der Waals surface area contributed by atoms with Crippen LogP contribution in [0.5, 0.6) is 0 Å². The topological polar surface area (TPSA) is 8.17 Å². The molecule has 0 atom stereocenters. The summed E-state index contributed by atoms with van der Waals surface area (Å²) in [6.45, 7) is 0. The first-order valence-electron chi connectivity index (χ1n) is 28.3. The van der Waals surface area contributed by atoms with Crippen LogP contribution >= 0.6 is 0 Å². The van der Waals surface area contributed by atoms with E-state index in [1.165, 1.54) is 126 Å². The Kier molecular flexibility index (Phi) is 11.5. The molecule has 1 saturated carbocycles. The van der Waals surface area contributed by atoms with E-state index in [-0.39, 0.29) is 0 Å². The Bertz CT molecular complexity index is 4360. The molecule has 376 valence electrons. The summed E-state index contributed by atoms with van der Waals surface area (Å²) in [6, 6.07) is 107. The summed E-state index contributed by atoms with van der Waals surface area (Å²) >= 11 is 0. The molecule has 2 heteroatoms. The van der Waals surface area contributed by atoms with E-state index in [0.717, 1.165) is 33.9 Å². The van der Waals surface area contributed by atoms with Gasteiger partial charge in [0.05, 0.1) is 27.8 Å². The number of hydrogen-bond donors (Lipinski definition) is 0. The van der Waals surface area contributed by atoms with Crippen molar-refractivity contribution in [1.29, 1.82) is 0 Å². The molecule has 0 radical (unpaired) electrons. The molecule has 13 aromatic rings. The molecule has 0 saturated heterocycles. The fraction of sp³-hybridized carbons (Fsp3) is 0.0909. The second-order valence-corrected chi connectivity index (χ2v) is 21.7. The van der Waals surface area contributed by atoms with E-state index in [1.807, 2.05) is 0 Å². The van der Waals surface area contributed by atoms with Gasteiger partial charge in [0, 0.05) is 38.8 Å². The number of aromatic nitrogens is 1. The number of para-hydroxylation sites is 5. The van der Waals surface area contributed by atoms with Crippen molar-refractivity contribution in [2.45, 2.75) is 43.4 Å². The normalized spacial score (nSPS) is 13.9. The predicted octanol–water partition coefficient (Wildman–Crippen LogP) is 20.8. The highest BCUT2D eigenvalue weighted by atomic mass is 15.1. The predicted molar refractivity (Wildman–Crippen MR) is 332 cm³/mol. The third-order valence-corrected chi connectivity index (χ3v) is 17.5. The van der Waals surface area contributed by atoms with E-state index in [1.54, 1.807) is 0 Å². The van der Waals surface area contributed by atoms with Crippen LogP contribution in [0.25, 0.3) is 82.8 Å². The number of nitrogens with zero attached hydrogens (tertiary/aromatic N) is 2. The molecule has 0 amide bonds. The third kappa shape index (κ3) is 7.61. The van der Waals surface area contributed by atoms with E-state index in [9.17, 15) is 0 Å². The zero-order chi connectivity index (χ0) is 52.3. The summed E-state index contributed by atoms with van der Waals surface area (Å²) in [5.41, 5.74) is 22.6. The Labute approximate surface area is 463 Å². The zero-order valence-corrected chi connectivity index (χ0v) is 44.1. The standard InChI is InChI=1S/C77H58N2/c1-5-25-53(26-6-1)62-41-22-27-54-28-23-43-68(75(54)62)66-39-15-19-47-73(66)78(60-36-21-29-55(51-60)63-42-24-44-69-67-40-16-20-48-74(67)79(76(63)69)59-34-11-4-12-35-59)72-46-18-14-37-61(72)56-49-50-65-64-38-13-17-45-70(64)77(71(65)52-56,57-30-7-2-8-31-57)58-32-9-3-10-33-58/h2-4,7-24,27-53H,1,5-6,25-26H2. The second kappa shape index (κ2) is 19.5. The molecule has 2 aliphatic rings. The first-order valence-corrected chi connectivity index (χ1v) is 28.3. The Hall–Kier alpha value is -9.50. The molecule has 2 aliphatic carbocycles. The molecular formula is C77H58N2. The minimum Gasteiger partial charge on any atom is -0.309 e. The molecule has 12 aromatic carbocycles. The third-order valence-electron chi connectivity index (χ3n) is 17.5. The van der Waals surface area contributed by atoms with Gasteiger partial charge in [-0.3, -0.25) is 0 Å². The van der Waals surface area contributed by atoms with Crippen molar-refractivity contribution in [1.82, 2.24) is 4.57 Å². The molecule has 0 bridgehead atoms. The van der Waals surface area contributed by atoms with Gasteiger partial charge in [0.15, 0.2) is 0 Å². The number of benzene rings is 12. The van der Waals surface area contributed by atoms with Gasteiger partial charge in [-0.15, -0.1) is 0 Å². The van der Waals surface area contributed by atoms with Crippen LogP contribution in [-0.4, -0.2) is 4.57 Å². The van der Waals surface area contributed by atoms with Crippen molar-refractivity contribution in [3.05, 3.63) is 313 Å². The Morgan fingerprint density at radius 3 is 1.70 bits per heavy atom. The van der Waals surface area contributed by atoms with Crippen LogP contribution in [0.4, 0.5) is 17.1 Å². The maximum absolute atomic E-state index is 2.56. The molecule has 79 heavy (non-hydrogen) atoms. The molecule has 15 rings (SSSR count). The fourth-order valence-corrected chi connectivity index (χ4v) is 14.1. The van der Waals surface area contributed by atoms with Crippen LogP contribution in [0.2, 0.25) is 0 Å². The second-order valence-electron chi connectivity index (χ2n) is 21.7. The summed E-state index contributed by atoms with van der Waals surface area (Å²) < 4.78 is 2.45. The van der Waals surface area contributed by atoms with E-state index >= 15 is 0 Å². The summed E-state index contributed by atoms with van der Waals surface area (Å²) in [5, 5.41) is 5.15. The summed E-state index contributed by atoms with van der Waals surface area (Å²) in [4.78, 5) is 2.56. The summed E-state index contributed by atoms with van der Waals surface area (Å²) in [7, 11) is 0. The van der Waals surface area contributed by atoms with Crippen molar-refractivity contribution in [3.8, 4) is 50.2 Å². The largest absolute Gasteiger partial charge is 0.309 e. The van der Waals surface area contributed by atoms with Crippen LogP contribution < -0.4 is 4.90 Å². The van der Waals surface area contributed by atoms with Gasteiger partial charge < -0.3 is 9.47 Å². The highest BCUT2D eigenvalue weighted by Crippen LogP contribution is 2.58. The first-order chi connectivity index (χ1) is 39.2. The zero-order valence-electron chi connectivity index (χ0n) is 44.1. The Balaban J connectivity index is 0.983. The minimum absolute atomic E-state index is 0.534. The van der Waals surface area contributed by atoms with Crippen LogP contribution in [0.3, 0.4) is 0 Å². The lowest BCUT2D eigenvalue weighted by molar-refractivity contribution is 0.445. The molecule has 2 nitrogen and oxygen atoms in total. The van der Waals surface area contributed by atoms with Crippen molar-refractivity contribution in [2.24, 2.45) is 0 Å². The summed E-state index contributed by atoms with van der Waals surface area (Å²) in [6.07, 6.45) is 6.36. The maximum atomic E-state index is 2.56. The van der Waals surface area contributed by atoms with E-state index < -0.39 is 5.41 Å². The van der Waals surface area contributed by atoms with Gasteiger partial charge in [0.25, 0.3) is 0 Å². The molecule has 0 N–H and O–H groups in total. The minimum atomic E-state index is -0.534. The van der Waals surface area contributed by atoms with Gasteiger partial charge in [0.1, 0.15) is 0 Å². The Morgan fingerprint density at radius 2 is 0.924 bits per heavy atom. The van der Waals surface area contributed by atoms with Gasteiger partial charge in [-0.1, -0.05) is 256 Å². The lowest BCUT2D eigenvalue weighted by Crippen LogP contribution is -2.28. The van der Waals surface area contributed by atoms with Crippen LogP contribution in [-0.2, 0) is 5.41 Å². The molecular weight excluding hydrogens is 953 g/mol. The number of fused-ring (bicyclic) bond motifs is 7. The highest BCUT2D eigenvalue weighted by Gasteiger charge is 2.46. The van der Waals surface area contributed by atoms with Gasteiger partial charge in [-0.25, -0.2) is 0 Å². The fourth-order valence-electron chi connectivity index (χ4n) is 14.1. The van der Waals surface area contributed by atoms with E-state index in [2.05, 4.69) is 295 Å². The van der Waals surface area contributed by atoms with Gasteiger partial charge in [-0.2, -0.15) is 0 Å². The molecule has 1 fully saturated rings. The molecule has 1 aromatic heterocycles. The molecule has 1 heterocycles. The van der Waals surface area contributed by atoms with Crippen molar-refractivity contribution < 1.29 is 0 Å². The SMILES string of the molecule is c1ccc(-n2c3ccccc3c3cccc(-c4cccc(N(c5ccccc5-c5ccc6c(c5)C(c5ccccc5)(c5ccccc5)c5ccccc5-6)c5ccccc5-c5cccc6cccc(C7CCCCC7)c56)c4)c32)cc1. The Morgan fingerprint density at radius 1 is 0.367 bits per heavy atom. The lowest BCUT2D eigenvalue weighted by Gasteiger charge is -2.34. The lowest BCUT2D eigenvalue weighted by atomic mass is 9.67. The van der Waals surface area contributed by atoms with Crippen LogP contribution in [0.15, 0.2) is 285 Å². The maximum Gasteiger partial charge on any atom is 0.0713 e. The van der Waals surface area contributed by atoms with Crippen LogP contribution in [0.1, 0.15) is 65.8 Å². The van der Waals surface area contributed by atoms with Crippen molar-refractivity contribution in [2.75, 3.05) is 4.90 Å². The average molecular weight is 1010 g/mol. The smallest absolute Gasteiger partial charge is 0.0713 e. The molecule has 0 unspecified atom stereocenters. The number of rotatable bonds is 10. The van der Waals surface area contributed by atoms with E-state index in [4.69, 9.17) is 0 Å². The summed E-state index contributed by atoms with van der Waals surface area (Å²) in [5.74, 6) is 0.540. The van der Waals surface area contributed by atoms with E-state index in [0.29, 0.717) is 5.92 Å². The van der Waals surface area contributed by atoms with Gasteiger partial charge >= 0.3 is 0 Å². The molecule has 0 aliphatic heterocycles.